The molecule has 0 aliphatic rings. The molecule has 0 spiro atoms. The van der Waals surface area contributed by atoms with E-state index in [4.69, 9.17) is 18.9 Å². The van der Waals surface area contributed by atoms with Crippen LogP contribution < -0.4 is 14.2 Å². The van der Waals surface area contributed by atoms with Gasteiger partial charge in [-0.3, -0.25) is 0 Å². The maximum absolute atomic E-state index is 12.4. The van der Waals surface area contributed by atoms with Gasteiger partial charge in [0.15, 0.2) is 0 Å². The molecular formula is C26H24O6. The molecule has 0 saturated heterocycles. The molecule has 32 heavy (non-hydrogen) atoms. The normalized spacial score (nSPS) is 10.2. The first-order chi connectivity index (χ1) is 15.6. The van der Waals surface area contributed by atoms with Crippen molar-refractivity contribution in [2.24, 2.45) is 0 Å². The molecule has 0 saturated carbocycles. The van der Waals surface area contributed by atoms with Gasteiger partial charge < -0.3 is 18.9 Å². The first-order valence-corrected chi connectivity index (χ1v) is 10.1. The number of carbonyl (C=O) groups excluding carboxylic acids is 2. The molecule has 6 heteroatoms. The number of hydrogen-bond donors (Lipinski definition) is 0. The molecule has 0 aliphatic carbocycles. The van der Waals surface area contributed by atoms with E-state index < -0.39 is 11.9 Å². The van der Waals surface area contributed by atoms with Crippen LogP contribution in [0, 0.1) is 0 Å². The molecule has 0 fully saturated rings. The zero-order chi connectivity index (χ0) is 22.8. The van der Waals surface area contributed by atoms with Crippen molar-refractivity contribution in [1.29, 1.82) is 0 Å². The molecule has 0 unspecified atom stereocenters. The zero-order valence-electron chi connectivity index (χ0n) is 17.8. The van der Waals surface area contributed by atoms with E-state index in [-0.39, 0.29) is 6.61 Å². The van der Waals surface area contributed by atoms with Crippen LogP contribution in [0.4, 0.5) is 0 Å². The number of benzene rings is 3. The lowest BCUT2D eigenvalue weighted by Gasteiger charge is -2.08. The molecule has 0 atom stereocenters. The highest BCUT2D eigenvalue weighted by Crippen LogP contribution is 2.25. The Hall–Kier alpha value is -4.06. The lowest BCUT2D eigenvalue weighted by atomic mass is 10.1. The van der Waals surface area contributed by atoms with Gasteiger partial charge in [-0.1, -0.05) is 30.8 Å². The zero-order valence-corrected chi connectivity index (χ0v) is 17.8. The number of esters is 2. The second-order valence-corrected chi connectivity index (χ2v) is 6.74. The van der Waals surface area contributed by atoms with Crippen LogP contribution in [0.2, 0.25) is 0 Å². The van der Waals surface area contributed by atoms with E-state index in [1.54, 1.807) is 43.5 Å². The quantitative estimate of drug-likeness (QED) is 0.193. The highest BCUT2D eigenvalue weighted by Gasteiger charge is 2.09. The van der Waals surface area contributed by atoms with E-state index in [1.165, 1.54) is 0 Å². The minimum absolute atomic E-state index is 0.256. The first kappa shape index (κ1) is 22.6. The molecule has 6 nitrogen and oxygen atoms in total. The third-order valence-electron chi connectivity index (χ3n) is 4.55. The standard InChI is InChI=1S/C26H24O6/c1-3-25(27)31-18-4-17-30-23-13-9-21(10-14-23)26(28)32-24-15-7-20(8-16-24)19-5-11-22(29-2)12-6-19/h3,5-16H,1,4,17-18H2,2H3. The van der Waals surface area contributed by atoms with Crippen LogP contribution in [0.25, 0.3) is 11.1 Å². The Morgan fingerprint density at radius 1 is 0.781 bits per heavy atom. The second kappa shape index (κ2) is 11.4. The van der Waals surface area contributed by atoms with Gasteiger partial charge in [0.1, 0.15) is 17.2 Å². The Balaban J connectivity index is 1.49. The van der Waals surface area contributed by atoms with Crippen LogP contribution in [0.5, 0.6) is 17.2 Å². The summed E-state index contributed by atoms with van der Waals surface area (Å²) >= 11 is 0. The third kappa shape index (κ3) is 6.47. The summed E-state index contributed by atoms with van der Waals surface area (Å²) < 4.78 is 21.1. The van der Waals surface area contributed by atoms with Gasteiger partial charge in [-0.05, 0) is 59.7 Å². The Labute approximate surface area is 187 Å². The predicted molar refractivity (Wildman–Crippen MR) is 121 cm³/mol. The molecule has 0 aromatic heterocycles. The van der Waals surface area contributed by atoms with E-state index in [1.807, 2.05) is 36.4 Å². The van der Waals surface area contributed by atoms with Gasteiger partial charge in [-0.25, -0.2) is 9.59 Å². The van der Waals surface area contributed by atoms with E-state index >= 15 is 0 Å². The van der Waals surface area contributed by atoms with Gasteiger partial charge in [0.25, 0.3) is 0 Å². The fourth-order valence-electron chi connectivity index (χ4n) is 2.83. The van der Waals surface area contributed by atoms with Crippen LogP contribution in [-0.4, -0.2) is 32.3 Å². The van der Waals surface area contributed by atoms with Crippen LogP contribution in [0.15, 0.2) is 85.5 Å². The monoisotopic (exact) mass is 432 g/mol. The highest BCUT2D eigenvalue weighted by atomic mass is 16.5. The van der Waals surface area contributed by atoms with Gasteiger partial charge in [-0.15, -0.1) is 0 Å². The summed E-state index contributed by atoms with van der Waals surface area (Å²) in [4.78, 5) is 23.4. The summed E-state index contributed by atoms with van der Waals surface area (Å²) in [5.41, 5.74) is 2.46. The van der Waals surface area contributed by atoms with Crippen molar-refractivity contribution in [2.45, 2.75) is 6.42 Å². The van der Waals surface area contributed by atoms with Crippen molar-refractivity contribution in [3.63, 3.8) is 0 Å². The SMILES string of the molecule is C=CC(=O)OCCCOc1ccc(C(=O)Oc2ccc(-c3ccc(OC)cc3)cc2)cc1. The molecule has 0 aliphatic heterocycles. The lowest BCUT2D eigenvalue weighted by Crippen LogP contribution is -2.09. The summed E-state index contributed by atoms with van der Waals surface area (Å²) in [6.07, 6.45) is 1.67. The topological polar surface area (TPSA) is 71.1 Å². The Morgan fingerprint density at radius 2 is 1.34 bits per heavy atom. The van der Waals surface area contributed by atoms with Crippen molar-refractivity contribution in [3.8, 4) is 28.4 Å². The van der Waals surface area contributed by atoms with Crippen molar-refractivity contribution in [2.75, 3.05) is 20.3 Å². The Kier molecular flexibility index (Phi) is 8.03. The fourth-order valence-corrected chi connectivity index (χ4v) is 2.83. The number of methoxy groups -OCH3 is 1. The summed E-state index contributed by atoms with van der Waals surface area (Å²) in [5.74, 6) is 0.958. The van der Waals surface area contributed by atoms with E-state index in [0.717, 1.165) is 23.0 Å². The average Bonchev–Trinajstić information content (AvgIpc) is 2.84. The van der Waals surface area contributed by atoms with Gasteiger partial charge in [-0.2, -0.15) is 0 Å². The molecule has 0 radical (unpaired) electrons. The van der Waals surface area contributed by atoms with Crippen molar-refractivity contribution in [3.05, 3.63) is 91.0 Å². The minimum atomic E-state index is -0.455. The van der Waals surface area contributed by atoms with Crippen LogP contribution in [0.3, 0.4) is 0 Å². The van der Waals surface area contributed by atoms with E-state index in [9.17, 15) is 9.59 Å². The number of carbonyl (C=O) groups is 2. The molecule has 3 aromatic rings. The molecule has 3 rings (SSSR count). The summed E-state index contributed by atoms with van der Waals surface area (Å²) in [7, 11) is 1.63. The number of hydrogen-bond acceptors (Lipinski definition) is 6. The summed E-state index contributed by atoms with van der Waals surface area (Å²) in [6.45, 7) is 3.97. The largest absolute Gasteiger partial charge is 0.497 e. The smallest absolute Gasteiger partial charge is 0.343 e. The molecule has 0 N–H and O–H groups in total. The van der Waals surface area contributed by atoms with Gasteiger partial charge in [0, 0.05) is 12.5 Å². The first-order valence-electron chi connectivity index (χ1n) is 10.1. The van der Waals surface area contributed by atoms with Gasteiger partial charge >= 0.3 is 11.9 Å². The Morgan fingerprint density at radius 3 is 1.91 bits per heavy atom. The lowest BCUT2D eigenvalue weighted by molar-refractivity contribution is -0.137. The van der Waals surface area contributed by atoms with Gasteiger partial charge in [0.2, 0.25) is 0 Å². The maximum atomic E-state index is 12.4. The number of rotatable bonds is 10. The second-order valence-electron chi connectivity index (χ2n) is 6.74. The summed E-state index contributed by atoms with van der Waals surface area (Å²) in [6, 6.07) is 21.7. The maximum Gasteiger partial charge on any atom is 0.343 e. The van der Waals surface area contributed by atoms with Crippen LogP contribution in [-0.2, 0) is 9.53 Å². The van der Waals surface area contributed by atoms with Crippen molar-refractivity contribution in [1.82, 2.24) is 0 Å². The van der Waals surface area contributed by atoms with Crippen molar-refractivity contribution >= 4 is 11.9 Å². The average molecular weight is 432 g/mol. The molecule has 0 amide bonds. The highest BCUT2D eigenvalue weighted by molar-refractivity contribution is 5.91. The third-order valence-corrected chi connectivity index (χ3v) is 4.55. The van der Waals surface area contributed by atoms with Crippen LogP contribution >= 0.6 is 0 Å². The molecule has 164 valence electrons. The minimum Gasteiger partial charge on any atom is -0.497 e. The molecular weight excluding hydrogens is 408 g/mol. The van der Waals surface area contributed by atoms with E-state index in [0.29, 0.717) is 30.1 Å². The summed E-state index contributed by atoms with van der Waals surface area (Å²) in [5, 5.41) is 0. The van der Waals surface area contributed by atoms with Gasteiger partial charge in [0.05, 0.1) is 25.9 Å². The predicted octanol–water partition coefficient (Wildman–Crippen LogP) is 5.08. The number of ether oxygens (including phenoxy) is 4. The van der Waals surface area contributed by atoms with E-state index in [2.05, 4.69) is 6.58 Å². The van der Waals surface area contributed by atoms with Crippen molar-refractivity contribution < 1.29 is 28.5 Å². The van der Waals surface area contributed by atoms with Crippen LogP contribution in [0.1, 0.15) is 16.8 Å². The Bertz CT molecular complexity index is 1040. The molecule has 0 bridgehead atoms. The fraction of sp³-hybridized carbons (Fsp3) is 0.154. The molecule has 3 aromatic carbocycles. The molecule has 0 heterocycles.